The molecule has 0 saturated carbocycles. The molecule has 1 aliphatic rings. The Kier molecular flexibility index (Phi) is 3.91. The number of nitrogens with two attached hydrogens (primary N) is 1. The molecule has 2 heterocycles. The minimum atomic E-state index is 0.371. The highest BCUT2D eigenvalue weighted by Gasteiger charge is 2.21. The van der Waals surface area contributed by atoms with Crippen molar-refractivity contribution < 1.29 is 4.74 Å². The number of thiocarbonyl (C=S) groups is 1. The van der Waals surface area contributed by atoms with Crippen molar-refractivity contribution in [3.05, 3.63) is 24.0 Å². The molecule has 0 radical (unpaired) electrons. The van der Waals surface area contributed by atoms with Gasteiger partial charge in [0.1, 0.15) is 4.99 Å². The Labute approximate surface area is 107 Å². The van der Waals surface area contributed by atoms with Crippen LogP contribution >= 0.6 is 12.2 Å². The molecule has 17 heavy (non-hydrogen) atoms. The van der Waals surface area contributed by atoms with Crippen molar-refractivity contribution in [2.24, 2.45) is 5.73 Å². The summed E-state index contributed by atoms with van der Waals surface area (Å²) in [4.78, 5) is 6.86. The van der Waals surface area contributed by atoms with Crippen LogP contribution in [0.1, 0.15) is 18.4 Å². The normalized spacial score (nSPS) is 17.1. The van der Waals surface area contributed by atoms with E-state index < -0.39 is 0 Å². The molecule has 1 aromatic rings. The Morgan fingerprint density at radius 1 is 1.53 bits per heavy atom. The van der Waals surface area contributed by atoms with Crippen molar-refractivity contribution in [3.63, 3.8) is 0 Å². The molecule has 5 heteroatoms. The molecular formula is C12H17N3OS. The standard InChI is InChI=1S/C12H17N3OS/c1-16-9-3-6-15(7-4-9)11-8-14-5-2-10(11)12(13)17/h2,5,8-9H,3-4,6-7H2,1H3,(H2,13,17). The highest BCUT2D eigenvalue weighted by atomic mass is 32.1. The molecule has 2 N–H and O–H groups in total. The topological polar surface area (TPSA) is 51.4 Å². The number of methoxy groups -OCH3 is 1. The summed E-state index contributed by atoms with van der Waals surface area (Å²) in [5.41, 5.74) is 7.67. The molecule has 0 atom stereocenters. The van der Waals surface area contributed by atoms with E-state index in [-0.39, 0.29) is 0 Å². The summed E-state index contributed by atoms with van der Waals surface area (Å²) in [6, 6.07) is 1.88. The van der Waals surface area contributed by atoms with Gasteiger partial charge >= 0.3 is 0 Å². The van der Waals surface area contributed by atoms with Gasteiger partial charge in [0.25, 0.3) is 0 Å². The lowest BCUT2D eigenvalue weighted by atomic mass is 10.1. The minimum Gasteiger partial charge on any atom is -0.389 e. The van der Waals surface area contributed by atoms with Crippen LogP contribution in [0.2, 0.25) is 0 Å². The van der Waals surface area contributed by atoms with Crippen LogP contribution in [0.3, 0.4) is 0 Å². The zero-order chi connectivity index (χ0) is 12.3. The Balaban J connectivity index is 2.15. The minimum absolute atomic E-state index is 0.371. The molecule has 0 unspecified atom stereocenters. The third-order valence-corrected chi connectivity index (χ3v) is 3.40. The number of ether oxygens (including phenoxy) is 1. The van der Waals surface area contributed by atoms with E-state index in [4.69, 9.17) is 22.7 Å². The molecule has 4 nitrogen and oxygen atoms in total. The van der Waals surface area contributed by atoms with Gasteiger partial charge in [-0.3, -0.25) is 4.98 Å². The van der Waals surface area contributed by atoms with Crippen LogP contribution in [0.5, 0.6) is 0 Å². The van der Waals surface area contributed by atoms with Gasteiger partial charge in [-0.15, -0.1) is 0 Å². The molecule has 2 rings (SSSR count). The zero-order valence-electron chi connectivity index (χ0n) is 9.93. The molecule has 1 aromatic heterocycles. The smallest absolute Gasteiger partial charge is 0.106 e. The van der Waals surface area contributed by atoms with E-state index in [0.717, 1.165) is 37.2 Å². The fourth-order valence-corrected chi connectivity index (χ4v) is 2.35. The SMILES string of the molecule is COC1CCN(c2cnccc2C(N)=S)CC1. The summed E-state index contributed by atoms with van der Waals surface area (Å²) in [7, 11) is 1.77. The second kappa shape index (κ2) is 5.42. The summed E-state index contributed by atoms with van der Waals surface area (Å²) in [5.74, 6) is 0. The lowest BCUT2D eigenvalue weighted by Crippen LogP contribution is -2.37. The highest BCUT2D eigenvalue weighted by molar-refractivity contribution is 7.80. The molecule has 0 amide bonds. The predicted molar refractivity (Wildman–Crippen MR) is 72.4 cm³/mol. The van der Waals surface area contributed by atoms with Gasteiger partial charge in [-0.2, -0.15) is 0 Å². The van der Waals surface area contributed by atoms with Gasteiger partial charge in [0.05, 0.1) is 18.0 Å². The maximum Gasteiger partial charge on any atom is 0.106 e. The number of hydrogen-bond acceptors (Lipinski definition) is 4. The monoisotopic (exact) mass is 251 g/mol. The van der Waals surface area contributed by atoms with Crippen LogP contribution in [0, 0.1) is 0 Å². The second-order valence-electron chi connectivity index (χ2n) is 4.18. The summed E-state index contributed by atoms with van der Waals surface area (Å²) >= 11 is 5.06. The van der Waals surface area contributed by atoms with Gasteiger partial charge in [-0.1, -0.05) is 12.2 Å². The fourth-order valence-electron chi connectivity index (χ4n) is 2.18. The largest absolute Gasteiger partial charge is 0.389 e. The van der Waals surface area contributed by atoms with Gasteiger partial charge < -0.3 is 15.4 Å². The summed E-state index contributed by atoms with van der Waals surface area (Å²) in [5, 5.41) is 0. The van der Waals surface area contributed by atoms with E-state index >= 15 is 0 Å². The highest BCUT2D eigenvalue weighted by Crippen LogP contribution is 2.23. The van der Waals surface area contributed by atoms with Gasteiger partial charge in [0.15, 0.2) is 0 Å². The lowest BCUT2D eigenvalue weighted by Gasteiger charge is -2.33. The first-order chi connectivity index (χ1) is 8.22. The van der Waals surface area contributed by atoms with E-state index in [1.165, 1.54) is 0 Å². The first kappa shape index (κ1) is 12.3. The van der Waals surface area contributed by atoms with E-state index in [9.17, 15) is 0 Å². The first-order valence-corrected chi connectivity index (χ1v) is 6.14. The third-order valence-electron chi connectivity index (χ3n) is 3.18. The molecule has 92 valence electrons. The first-order valence-electron chi connectivity index (χ1n) is 5.74. The Morgan fingerprint density at radius 3 is 2.82 bits per heavy atom. The molecule has 1 fully saturated rings. The molecule has 0 bridgehead atoms. The van der Waals surface area contributed by atoms with Crippen molar-refractivity contribution >= 4 is 22.9 Å². The van der Waals surface area contributed by atoms with E-state index in [1.54, 1.807) is 13.3 Å². The van der Waals surface area contributed by atoms with E-state index in [1.807, 2.05) is 12.3 Å². The van der Waals surface area contributed by atoms with Gasteiger partial charge in [-0.25, -0.2) is 0 Å². The van der Waals surface area contributed by atoms with Crippen LogP contribution in [0.15, 0.2) is 18.5 Å². The molecule has 1 saturated heterocycles. The quantitative estimate of drug-likeness (QED) is 0.821. The molecule has 1 aliphatic heterocycles. The van der Waals surface area contributed by atoms with Crippen LogP contribution in [-0.4, -0.2) is 36.3 Å². The number of hydrogen-bond donors (Lipinski definition) is 1. The van der Waals surface area contributed by atoms with Crippen LogP contribution < -0.4 is 10.6 Å². The third kappa shape index (κ3) is 2.73. The predicted octanol–water partition coefficient (Wildman–Crippen LogP) is 1.33. The molecular weight excluding hydrogens is 234 g/mol. The Morgan fingerprint density at radius 2 is 2.24 bits per heavy atom. The lowest BCUT2D eigenvalue weighted by molar-refractivity contribution is 0.0819. The van der Waals surface area contributed by atoms with Crippen LogP contribution in [0.25, 0.3) is 0 Å². The van der Waals surface area contributed by atoms with Gasteiger partial charge in [0, 0.05) is 32.0 Å². The summed E-state index contributed by atoms with van der Waals surface area (Å²) < 4.78 is 5.36. The fraction of sp³-hybridized carbons (Fsp3) is 0.500. The average Bonchev–Trinajstić information content (AvgIpc) is 2.39. The number of piperidine rings is 1. The number of anilines is 1. The Bertz CT molecular complexity index is 402. The maximum absolute atomic E-state index is 5.73. The second-order valence-corrected chi connectivity index (χ2v) is 4.62. The maximum atomic E-state index is 5.73. The van der Waals surface area contributed by atoms with E-state index in [0.29, 0.717) is 11.1 Å². The van der Waals surface area contributed by atoms with Crippen molar-refractivity contribution in [2.45, 2.75) is 18.9 Å². The zero-order valence-corrected chi connectivity index (χ0v) is 10.7. The summed E-state index contributed by atoms with van der Waals surface area (Å²) in [6.07, 6.45) is 5.99. The number of nitrogens with zero attached hydrogens (tertiary/aromatic N) is 2. The Hall–Kier alpha value is -1.20. The molecule has 0 aromatic carbocycles. The number of rotatable bonds is 3. The van der Waals surface area contributed by atoms with Crippen molar-refractivity contribution in [3.8, 4) is 0 Å². The van der Waals surface area contributed by atoms with Crippen molar-refractivity contribution in [1.82, 2.24) is 4.98 Å². The molecule has 0 aliphatic carbocycles. The van der Waals surface area contributed by atoms with Crippen molar-refractivity contribution in [1.29, 1.82) is 0 Å². The van der Waals surface area contributed by atoms with Crippen LogP contribution in [0.4, 0.5) is 5.69 Å². The number of pyridine rings is 1. The van der Waals surface area contributed by atoms with Gasteiger partial charge in [0.2, 0.25) is 0 Å². The van der Waals surface area contributed by atoms with Crippen molar-refractivity contribution in [2.75, 3.05) is 25.1 Å². The average molecular weight is 251 g/mol. The van der Waals surface area contributed by atoms with Gasteiger partial charge in [-0.05, 0) is 18.9 Å². The number of aromatic nitrogens is 1. The van der Waals surface area contributed by atoms with Crippen LogP contribution in [-0.2, 0) is 4.74 Å². The van der Waals surface area contributed by atoms with E-state index in [2.05, 4.69) is 9.88 Å². The summed E-state index contributed by atoms with van der Waals surface area (Å²) in [6.45, 7) is 1.92. The molecule has 0 spiro atoms.